The number of piperazine rings is 1. The summed E-state index contributed by atoms with van der Waals surface area (Å²) >= 11 is 9.71. The van der Waals surface area contributed by atoms with E-state index in [9.17, 15) is 13.2 Å². The number of anilines is 1. The van der Waals surface area contributed by atoms with E-state index in [-0.39, 0.29) is 5.25 Å². The molecule has 2 aromatic rings. The van der Waals surface area contributed by atoms with E-state index in [4.69, 9.17) is 24.8 Å². The molecule has 29 heavy (non-hydrogen) atoms. The highest BCUT2D eigenvalue weighted by Crippen LogP contribution is 2.32. The van der Waals surface area contributed by atoms with Gasteiger partial charge in [-0.25, -0.2) is 4.98 Å². The van der Waals surface area contributed by atoms with Crippen LogP contribution in [-0.4, -0.2) is 58.1 Å². The Hall–Kier alpha value is -1.52. The molecule has 2 N–H and O–H groups in total. The summed E-state index contributed by atoms with van der Waals surface area (Å²) in [6.07, 6.45) is -2.63. The van der Waals surface area contributed by atoms with Gasteiger partial charge in [0, 0.05) is 50.1 Å². The summed E-state index contributed by atoms with van der Waals surface area (Å²) in [7, 11) is 0. The highest BCUT2D eigenvalue weighted by molar-refractivity contribution is 7.81. The smallest absolute Gasteiger partial charge is 0.369 e. The molecule has 5 nitrogen and oxygen atoms in total. The normalized spacial score (nSPS) is 18.0. The zero-order chi connectivity index (χ0) is 21.0. The van der Waals surface area contributed by atoms with Gasteiger partial charge in [-0.05, 0) is 42.8 Å². The van der Waals surface area contributed by atoms with Crippen LogP contribution >= 0.6 is 24.8 Å². The molecule has 2 atom stereocenters. The maximum absolute atomic E-state index is 12.9. The van der Waals surface area contributed by atoms with Gasteiger partial charge in [0.05, 0.1) is 5.56 Å². The Balaban J connectivity index is 1.46. The minimum atomic E-state index is -4.31. The molecule has 0 radical (unpaired) electrons. The Labute approximate surface area is 179 Å². The van der Waals surface area contributed by atoms with Crippen molar-refractivity contribution in [3.05, 3.63) is 40.4 Å². The van der Waals surface area contributed by atoms with Crippen molar-refractivity contribution in [2.24, 2.45) is 5.92 Å². The molecule has 1 fully saturated rings. The average Bonchev–Trinajstić information content (AvgIpc) is 3.11. The summed E-state index contributed by atoms with van der Waals surface area (Å²) < 4.78 is 39.3. The van der Waals surface area contributed by atoms with Gasteiger partial charge in [-0.3, -0.25) is 15.1 Å². The third kappa shape index (κ3) is 6.23. The molecule has 10 heteroatoms. The van der Waals surface area contributed by atoms with Gasteiger partial charge < -0.3 is 4.90 Å². The zero-order valence-corrected chi connectivity index (χ0v) is 18.0. The predicted octanol–water partition coefficient (Wildman–Crippen LogP) is 4.18. The van der Waals surface area contributed by atoms with Crippen LogP contribution in [0.25, 0.3) is 0 Å². The van der Waals surface area contributed by atoms with E-state index in [1.165, 1.54) is 12.1 Å². The number of halogens is 3. The highest BCUT2D eigenvalue weighted by Gasteiger charge is 2.31. The van der Waals surface area contributed by atoms with Crippen LogP contribution in [0.1, 0.15) is 24.7 Å². The van der Waals surface area contributed by atoms with Crippen molar-refractivity contribution in [1.29, 1.82) is 0 Å². The Kier molecular flexibility index (Phi) is 7.28. The fraction of sp³-hybridized carbons (Fsp3) is 0.579. The molecule has 2 unspecified atom stereocenters. The molecule has 1 aliphatic heterocycles. The lowest BCUT2D eigenvalue weighted by Crippen LogP contribution is -2.48. The van der Waals surface area contributed by atoms with Crippen molar-refractivity contribution >= 4 is 30.5 Å². The van der Waals surface area contributed by atoms with E-state index in [1.807, 2.05) is 4.90 Å². The number of benzene rings is 1. The lowest BCUT2D eigenvalue weighted by Gasteiger charge is -2.38. The van der Waals surface area contributed by atoms with Gasteiger partial charge in [0.15, 0.2) is 0 Å². The summed E-state index contributed by atoms with van der Waals surface area (Å²) in [4.78, 5) is 8.58. The van der Waals surface area contributed by atoms with Gasteiger partial charge in [0.2, 0.25) is 4.77 Å². The monoisotopic (exact) mass is 445 g/mol. The second kappa shape index (κ2) is 9.53. The lowest BCUT2D eigenvalue weighted by molar-refractivity contribution is -0.137. The minimum Gasteiger partial charge on any atom is -0.369 e. The predicted molar refractivity (Wildman–Crippen MR) is 114 cm³/mol. The van der Waals surface area contributed by atoms with E-state index in [0.29, 0.717) is 16.4 Å². The molecular formula is C19H26F3N5S2. The van der Waals surface area contributed by atoms with Crippen molar-refractivity contribution in [1.82, 2.24) is 20.1 Å². The van der Waals surface area contributed by atoms with Gasteiger partial charge in [-0.15, -0.1) is 0 Å². The fourth-order valence-corrected chi connectivity index (χ4v) is 3.97. The number of nitrogens with one attached hydrogen (secondary N) is 2. The van der Waals surface area contributed by atoms with Crippen LogP contribution in [-0.2, 0) is 12.6 Å². The first-order chi connectivity index (χ1) is 13.7. The van der Waals surface area contributed by atoms with Crippen molar-refractivity contribution in [2.45, 2.75) is 31.2 Å². The van der Waals surface area contributed by atoms with Gasteiger partial charge in [0.1, 0.15) is 5.82 Å². The first-order valence-corrected chi connectivity index (χ1v) is 10.6. The van der Waals surface area contributed by atoms with Crippen LogP contribution in [0.15, 0.2) is 24.3 Å². The number of aromatic amines is 2. The van der Waals surface area contributed by atoms with Crippen molar-refractivity contribution in [3.63, 3.8) is 0 Å². The number of alkyl halides is 3. The SMILES string of the molecule is CC(CN1CCN(c2cccc(C(F)(F)F)c2)CC1)C(S)CCc1nc(=S)[nH][nH]1. The molecule has 3 rings (SSSR count). The molecule has 1 aromatic carbocycles. The number of H-pyrrole nitrogens is 2. The summed E-state index contributed by atoms with van der Waals surface area (Å²) in [5.41, 5.74) is 0.0391. The number of aromatic nitrogens is 3. The lowest BCUT2D eigenvalue weighted by atomic mass is 10.0. The zero-order valence-electron chi connectivity index (χ0n) is 16.2. The summed E-state index contributed by atoms with van der Waals surface area (Å²) in [5.74, 6) is 1.23. The van der Waals surface area contributed by atoms with E-state index in [0.717, 1.165) is 57.5 Å². The molecule has 1 saturated heterocycles. The number of aryl methyl sites for hydroxylation is 1. The maximum Gasteiger partial charge on any atom is 0.416 e. The van der Waals surface area contributed by atoms with E-state index in [2.05, 4.69) is 27.0 Å². The third-order valence-electron chi connectivity index (χ3n) is 5.34. The second-order valence-corrected chi connectivity index (χ2v) is 8.58. The Morgan fingerprint density at radius 2 is 1.93 bits per heavy atom. The van der Waals surface area contributed by atoms with Crippen LogP contribution in [0.4, 0.5) is 18.9 Å². The number of nitrogens with zero attached hydrogens (tertiary/aromatic N) is 3. The first kappa shape index (κ1) is 22.2. The molecule has 0 amide bonds. The van der Waals surface area contributed by atoms with Gasteiger partial charge in [-0.2, -0.15) is 25.8 Å². The van der Waals surface area contributed by atoms with E-state index < -0.39 is 11.7 Å². The van der Waals surface area contributed by atoms with Gasteiger partial charge >= 0.3 is 6.18 Å². The topological polar surface area (TPSA) is 50.9 Å². The minimum absolute atomic E-state index is 0.232. The largest absolute Gasteiger partial charge is 0.416 e. The summed E-state index contributed by atoms with van der Waals surface area (Å²) in [6.45, 7) is 6.19. The number of hydrogen-bond acceptors (Lipinski definition) is 5. The van der Waals surface area contributed by atoms with Crippen LogP contribution in [0.2, 0.25) is 0 Å². The van der Waals surface area contributed by atoms with Crippen LogP contribution in [0.3, 0.4) is 0 Å². The van der Waals surface area contributed by atoms with E-state index in [1.54, 1.807) is 6.07 Å². The molecule has 160 valence electrons. The number of hydrogen-bond donors (Lipinski definition) is 3. The molecular weight excluding hydrogens is 419 g/mol. The van der Waals surface area contributed by atoms with E-state index >= 15 is 0 Å². The molecule has 0 saturated carbocycles. The standard InChI is InChI=1S/C19H26F3N5S2/c1-13(16(28)5-6-17-23-18(29)25-24-17)12-26-7-9-27(10-8-26)15-4-2-3-14(11-15)19(20,21)22/h2-4,11,13,16,28H,5-10,12H2,1H3,(H2,23,24,25,29). The molecule has 0 aliphatic carbocycles. The summed E-state index contributed by atoms with van der Waals surface area (Å²) in [6, 6.07) is 5.58. The molecule has 0 spiro atoms. The van der Waals surface area contributed by atoms with Crippen LogP contribution in [0.5, 0.6) is 0 Å². The third-order valence-corrected chi connectivity index (χ3v) is 6.30. The number of rotatable bonds is 7. The molecule has 1 aromatic heterocycles. The van der Waals surface area contributed by atoms with Gasteiger partial charge in [0.25, 0.3) is 0 Å². The Morgan fingerprint density at radius 3 is 2.55 bits per heavy atom. The molecule has 0 bridgehead atoms. The number of thiol groups is 1. The first-order valence-electron chi connectivity index (χ1n) is 9.68. The fourth-order valence-electron chi connectivity index (χ4n) is 3.59. The average molecular weight is 446 g/mol. The Morgan fingerprint density at radius 1 is 1.21 bits per heavy atom. The second-order valence-electron chi connectivity index (χ2n) is 7.53. The quantitative estimate of drug-likeness (QED) is 0.442. The van der Waals surface area contributed by atoms with Crippen LogP contribution < -0.4 is 4.90 Å². The molecule has 2 heterocycles. The van der Waals surface area contributed by atoms with Gasteiger partial charge in [-0.1, -0.05) is 13.0 Å². The van der Waals surface area contributed by atoms with Crippen LogP contribution in [0, 0.1) is 10.7 Å². The Bertz CT molecular complexity index is 843. The summed E-state index contributed by atoms with van der Waals surface area (Å²) in [5, 5.41) is 5.98. The van der Waals surface area contributed by atoms with Crippen molar-refractivity contribution in [3.8, 4) is 0 Å². The van der Waals surface area contributed by atoms with Crippen molar-refractivity contribution in [2.75, 3.05) is 37.6 Å². The molecule has 1 aliphatic rings. The van der Waals surface area contributed by atoms with Crippen molar-refractivity contribution < 1.29 is 13.2 Å². The highest BCUT2D eigenvalue weighted by atomic mass is 32.1. The maximum atomic E-state index is 12.9.